The minimum atomic E-state index is 0.131. The number of carbonyl (C=O) groups is 1. The lowest BCUT2D eigenvalue weighted by molar-refractivity contribution is 0.0969. The van der Waals surface area contributed by atoms with Gasteiger partial charge in [0.05, 0.1) is 4.88 Å². The molecule has 1 aliphatic rings. The summed E-state index contributed by atoms with van der Waals surface area (Å²) >= 11 is 1.66. The molecule has 1 aromatic heterocycles. The van der Waals surface area contributed by atoms with Crippen LogP contribution >= 0.6 is 11.3 Å². The fraction of sp³-hybridized carbons (Fsp3) is 0.389. The Bertz CT molecular complexity index is 618. The van der Waals surface area contributed by atoms with Gasteiger partial charge in [-0.2, -0.15) is 0 Å². The molecule has 0 saturated heterocycles. The molecule has 1 aliphatic carbocycles. The molecule has 2 atom stereocenters. The van der Waals surface area contributed by atoms with Gasteiger partial charge in [0.1, 0.15) is 0 Å². The first-order valence-corrected chi connectivity index (χ1v) is 7.98. The smallest absolute Gasteiger partial charge is 0.176 e. The molecule has 0 aliphatic heterocycles. The average Bonchev–Trinajstić information content (AvgIpc) is 3.05. The largest absolute Gasteiger partial charge is 0.293 e. The van der Waals surface area contributed by atoms with E-state index in [2.05, 4.69) is 51.1 Å². The number of ketones is 1. The highest BCUT2D eigenvalue weighted by atomic mass is 32.1. The second kappa shape index (κ2) is 4.85. The molecule has 2 heteroatoms. The summed E-state index contributed by atoms with van der Waals surface area (Å²) in [6.45, 7) is 6.57. The average molecular weight is 284 g/mol. The van der Waals surface area contributed by atoms with E-state index in [1.165, 1.54) is 10.4 Å². The molecule has 1 nitrogen and oxygen atoms in total. The van der Waals surface area contributed by atoms with Crippen molar-refractivity contribution < 1.29 is 4.79 Å². The Morgan fingerprint density at radius 1 is 1.10 bits per heavy atom. The number of carbonyl (C=O) groups excluding carboxylic acids is 1. The predicted molar refractivity (Wildman–Crippen MR) is 84.6 cm³/mol. The molecule has 1 heterocycles. The van der Waals surface area contributed by atoms with E-state index in [-0.39, 0.29) is 11.3 Å². The van der Waals surface area contributed by atoms with Crippen molar-refractivity contribution in [2.45, 2.75) is 38.5 Å². The van der Waals surface area contributed by atoms with Crippen molar-refractivity contribution in [3.63, 3.8) is 0 Å². The molecule has 2 unspecified atom stereocenters. The van der Waals surface area contributed by atoms with Crippen LogP contribution in [0.15, 0.2) is 42.5 Å². The molecule has 0 radical (unpaired) electrons. The van der Waals surface area contributed by atoms with Crippen LogP contribution in [0.1, 0.15) is 53.2 Å². The van der Waals surface area contributed by atoms with E-state index in [4.69, 9.17) is 0 Å². The first-order valence-electron chi connectivity index (χ1n) is 7.16. The molecule has 1 saturated carbocycles. The fourth-order valence-corrected chi connectivity index (χ4v) is 3.68. The molecule has 0 amide bonds. The minimum Gasteiger partial charge on any atom is -0.293 e. The first kappa shape index (κ1) is 13.6. The maximum absolute atomic E-state index is 12.5. The van der Waals surface area contributed by atoms with Crippen LogP contribution in [0, 0.1) is 5.92 Å². The van der Waals surface area contributed by atoms with Gasteiger partial charge < -0.3 is 0 Å². The number of benzene rings is 1. The molecule has 1 fully saturated rings. The van der Waals surface area contributed by atoms with E-state index in [9.17, 15) is 4.79 Å². The summed E-state index contributed by atoms with van der Waals surface area (Å²) in [6, 6.07) is 14.5. The van der Waals surface area contributed by atoms with Crippen molar-refractivity contribution in [2.75, 3.05) is 0 Å². The van der Waals surface area contributed by atoms with Crippen LogP contribution in [-0.4, -0.2) is 5.78 Å². The Kier molecular flexibility index (Phi) is 3.29. The zero-order chi connectivity index (χ0) is 14.3. The van der Waals surface area contributed by atoms with Crippen LogP contribution < -0.4 is 0 Å². The second-order valence-electron chi connectivity index (χ2n) is 6.64. The Hall–Kier alpha value is -1.41. The van der Waals surface area contributed by atoms with Crippen LogP contribution in [0.25, 0.3) is 0 Å². The number of hydrogen-bond acceptors (Lipinski definition) is 2. The van der Waals surface area contributed by atoms with Gasteiger partial charge in [-0.15, -0.1) is 11.3 Å². The lowest BCUT2D eigenvalue weighted by Crippen LogP contribution is -2.08. The highest BCUT2D eigenvalue weighted by molar-refractivity contribution is 7.14. The molecule has 2 aromatic rings. The number of rotatable bonds is 3. The lowest BCUT2D eigenvalue weighted by atomic mass is 9.95. The highest BCUT2D eigenvalue weighted by Crippen LogP contribution is 2.49. The lowest BCUT2D eigenvalue weighted by Gasteiger charge is -2.15. The van der Waals surface area contributed by atoms with Crippen molar-refractivity contribution >= 4 is 17.1 Å². The third-order valence-corrected chi connectivity index (χ3v) is 5.47. The second-order valence-corrected chi connectivity index (χ2v) is 7.72. The Labute approximate surface area is 124 Å². The Morgan fingerprint density at radius 3 is 2.40 bits per heavy atom. The highest BCUT2D eigenvalue weighted by Gasteiger charge is 2.44. The summed E-state index contributed by atoms with van der Waals surface area (Å²) in [7, 11) is 0. The van der Waals surface area contributed by atoms with Crippen LogP contribution in [0.2, 0.25) is 0 Å². The van der Waals surface area contributed by atoms with Gasteiger partial charge in [-0.3, -0.25) is 4.79 Å². The van der Waals surface area contributed by atoms with Crippen LogP contribution in [0.5, 0.6) is 0 Å². The molecular formula is C18H20OS. The van der Waals surface area contributed by atoms with Gasteiger partial charge in [0.15, 0.2) is 5.78 Å². The SMILES string of the molecule is CC(C)(C)c1ccc(C(=O)C2CC2c2ccccc2)s1. The van der Waals surface area contributed by atoms with E-state index < -0.39 is 0 Å². The van der Waals surface area contributed by atoms with E-state index in [0.29, 0.717) is 11.7 Å². The van der Waals surface area contributed by atoms with Crippen molar-refractivity contribution in [1.29, 1.82) is 0 Å². The zero-order valence-corrected chi connectivity index (χ0v) is 13.0. The molecule has 0 N–H and O–H groups in total. The van der Waals surface area contributed by atoms with E-state index in [1.54, 1.807) is 11.3 Å². The van der Waals surface area contributed by atoms with Gasteiger partial charge in [0.25, 0.3) is 0 Å². The summed E-state index contributed by atoms with van der Waals surface area (Å²) in [5.74, 6) is 0.965. The Morgan fingerprint density at radius 2 is 1.80 bits per heavy atom. The summed E-state index contributed by atoms with van der Waals surface area (Å²) in [4.78, 5) is 14.8. The molecule has 0 bridgehead atoms. The van der Waals surface area contributed by atoms with Crippen LogP contribution in [0.3, 0.4) is 0 Å². The number of hydrogen-bond donors (Lipinski definition) is 0. The maximum atomic E-state index is 12.5. The van der Waals surface area contributed by atoms with Crippen LogP contribution in [-0.2, 0) is 5.41 Å². The number of thiophene rings is 1. The van der Waals surface area contributed by atoms with E-state index in [1.807, 2.05) is 12.1 Å². The third kappa shape index (κ3) is 2.57. The third-order valence-electron chi connectivity index (χ3n) is 3.94. The molecular weight excluding hydrogens is 264 g/mol. The predicted octanol–water partition coefficient (Wildman–Crippen LogP) is 5.03. The van der Waals surface area contributed by atoms with Gasteiger partial charge in [-0.25, -0.2) is 0 Å². The van der Waals surface area contributed by atoms with Gasteiger partial charge in [-0.05, 0) is 35.4 Å². The molecule has 104 valence electrons. The molecule has 3 rings (SSSR count). The van der Waals surface area contributed by atoms with Gasteiger partial charge in [0, 0.05) is 10.8 Å². The number of Topliss-reactive ketones (excluding diaryl/α,β-unsaturated/α-hetero) is 1. The minimum absolute atomic E-state index is 0.131. The van der Waals surface area contributed by atoms with Gasteiger partial charge >= 0.3 is 0 Å². The molecule has 1 aromatic carbocycles. The molecule has 20 heavy (non-hydrogen) atoms. The fourth-order valence-electron chi connectivity index (χ4n) is 2.61. The van der Waals surface area contributed by atoms with Gasteiger partial charge in [0.2, 0.25) is 0 Å². The monoisotopic (exact) mass is 284 g/mol. The first-order chi connectivity index (χ1) is 9.47. The van der Waals surface area contributed by atoms with Crippen LogP contribution in [0.4, 0.5) is 0 Å². The topological polar surface area (TPSA) is 17.1 Å². The van der Waals surface area contributed by atoms with Crippen molar-refractivity contribution in [1.82, 2.24) is 0 Å². The normalized spacial score (nSPS) is 21.8. The standard InChI is InChI=1S/C18H20OS/c1-18(2,3)16-10-9-15(20-16)17(19)14-11-13(14)12-7-5-4-6-8-12/h4-10,13-14H,11H2,1-3H3. The quantitative estimate of drug-likeness (QED) is 0.722. The summed E-state index contributed by atoms with van der Waals surface area (Å²) < 4.78 is 0. The summed E-state index contributed by atoms with van der Waals surface area (Å²) in [6.07, 6.45) is 1.01. The van der Waals surface area contributed by atoms with Crippen molar-refractivity contribution in [3.8, 4) is 0 Å². The summed E-state index contributed by atoms with van der Waals surface area (Å²) in [5.41, 5.74) is 1.43. The Balaban J connectivity index is 1.74. The van der Waals surface area contributed by atoms with E-state index >= 15 is 0 Å². The van der Waals surface area contributed by atoms with Crippen molar-refractivity contribution in [2.24, 2.45) is 5.92 Å². The maximum Gasteiger partial charge on any atom is 0.176 e. The van der Waals surface area contributed by atoms with E-state index in [0.717, 1.165) is 11.3 Å². The summed E-state index contributed by atoms with van der Waals surface area (Å²) in [5, 5.41) is 0. The molecule has 0 spiro atoms. The van der Waals surface area contributed by atoms with Gasteiger partial charge in [-0.1, -0.05) is 51.1 Å². The zero-order valence-electron chi connectivity index (χ0n) is 12.2. The van der Waals surface area contributed by atoms with Crippen molar-refractivity contribution in [3.05, 3.63) is 57.8 Å².